The lowest BCUT2D eigenvalue weighted by molar-refractivity contribution is -0.149. The SMILES string of the molecule is COc1cc(OC)c(OC)c(C(N)C(F)(F)F)c1. The Morgan fingerprint density at radius 3 is 2.06 bits per heavy atom. The van der Waals surface area contributed by atoms with Gasteiger partial charge in [-0.1, -0.05) is 0 Å². The summed E-state index contributed by atoms with van der Waals surface area (Å²) in [5.74, 6) is 0.289. The van der Waals surface area contributed by atoms with Crippen LogP contribution in [-0.2, 0) is 0 Å². The van der Waals surface area contributed by atoms with Gasteiger partial charge in [-0.25, -0.2) is 0 Å². The van der Waals surface area contributed by atoms with Crippen LogP contribution in [0, 0.1) is 0 Å². The van der Waals surface area contributed by atoms with Crippen LogP contribution in [0.25, 0.3) is 0 Å². The highest BCUT2D eigenvalue weighted by Gasteiger charge is 2.40. The third kappa shape index (κ3) is 2.79. The number of nitrogens with two attached hydrogens (primary N) is 1. The van der Waals surface area contributed by atoms with Gasteiger partial charge in [-0.05, 0) is 6.07 Å². The number of halogens is 3. The summed E-state index contributed by atoms with van der Waals surface area (Å²) in [6, 6.07) is 0.432. The zero-order valence-corrected chi connectivity index (χ0v) is 10.2. The molecule has 0 aliphatic heterocycles. The Hall–Kier alpha value is -1.63. The van der Waals surface area contributed by atoms with E-state index in [4.69, 9.17) is 19.9 Å². The van der Waals surface area contributed by atoms with Crippen molar-refractivity contribution in [1.29, 1.82) is 0 Å². The van der Waals surface area contributed by atoms with E-state index in [0.717, 1.165) is 0 Å². The van der Waals surface area contributed by atoms with Crippen molar-refractivity contribution >= 4 is 0 Å². The Kier molecular flexibility index (Phi) is 4.28. The fourth-order valence-corrected chi connectivity index (χ4v) is 1.49. The number of rotatable bonds is 4. The summed E-state index contributed by atoms with van der Waals surface area (Å²) in [4.78, 5) is 0. The van der Waals surface area contributed by atoms with Crippen LogP contribution in [0.5, 0.6) is 17.2 Å². The second kappa shape index (κ2) is 5.34. The predicted octanol–water partition coefficient (Wildman–Crippen LogP) is 2.27. The topological polar surface area (TPSA) is 53.7 Å². The highest BCUT2D eigenvalue weighted by molar-refractivity contribution is 5.53. The molecule has 7 heteroatoms. The summed E-state index contributed by atoms with van der Waals surface area (Å²) in [6.07, 6.45) is -4.58. The van der Waals surface area contributed by atoms with Gasteiger partial charge in [-0.15, -0.1) is 0 Å². The normalized spacial score (nSPS) is 13.1. The predicted molar refractivity (Wildman–Crippen MR) is 59.1 cm³/mol. The van der Waals surface area contributed by atoms with Crippen LogP contribution in [0.2, 0.25) is 0 Å². The van der Waals surface area contributed by atoms with Gasteiger partial charge in [-0.2, -0.15) is 13.2 Å². The zero-order chi connectivity index (χ0) is 13.9. The largest absolute Gasteiger partial charge is 0.497 e. The molecule has 0 aliphatic carbocycles. The average Bonchev–Trinajstić information content (AvgIpc) is 2.34. The molecule has 0 aliphatic rings. The molecule has 0 bridgehead atoms. The van der Waals surface area contributed by atoms with E-state index < -0.39 is 12.2 Å². The quantitative estimate of drug-likeness (QED) is 0.907. The highest BCUT2D eigenvalue weighted by Crippen LogP contribution is 2.42. The molecule has 1 unspecified atom stereocenters. The Balaban J connectivity index is 3.40. The standard InChI is InChI=1S/C11H14F3NO3/c1-16-6-4-7(10(15)11(12,13)14)9(18-3)8(5-6)17-2/h4-5,10H,15H2,1-3H3. The van der Waals surface area contributed by atoms with Gasteiger partial charge >= 0.3 is 6.18 Å². The van der Waals surface area contributed by atoms with E-state index in [0.29, 0.717) is 0 Å². The second-order valence-electron chi connectivity index (χ2n) is 3.47. The summed E-state index contributed by atoms with van der Waals surface area (Å²) in [7, 11) is 3.90. The van der Waals surface area contributed by atoms with Gasteiger partial charge in [0.2, 0.25) is 0 Å². The van der Waals surface area contributed by atoms with Gasteiger partial charge in [0.05, 0.1) is 21.3 Å². The van der Waals surface area contributed by atoms with Crippen LogP contribution in [0.3, 0.4) is 0 Å². The summed E-state index contributed by atoms with van der Waals surface area (Å²) >= 11 is 0. The van der Waals surface area contributed by atoms with Gasteiger partial charge in [0.15, 0.2) is 11.5 Å². The monoisotopic (exact) mass is 265 g/mol. The van der Waals surface area contributed by atoms with Crippen LogP contribution in [-0.4, -0.2) is 27.5 Å². The molecule has 2 N–H and O–H groups in total. The minimum Gasteiger partial charge on any atom is -0.497 e. The van der Waals surface area contributed by atoms with Crippen molar-refractivity contribution in [3.8, 4) is 17.2 Å². The van der Waals surface area contributed by atoms with E-state index in [1.165, 1.54) is 33.5 Å². The summed E-state index contributed by atoms with van der Waals surface area (Å²) in [6.45, 7) is 0. The molecular formula is C11H14F3NO3. The van der Waals surface area contributed by atoms with E-state index >= 15 is 0 Å². The molecule has 0 radical (unpaired) electrons. The fraction of sp³-hybridized carbons (Fsp3) is 0.455. The summed E-state index contributed by atoms with van der Waals surface area (Å²) < 4.78 is 52.8. The maximum atomic E-state index is 12.7. The van der Waals surface area contributed by atoms with E-state index in [2.05, 4.69) is 0 Å². The van der Waals surface area contributed by atoms with Gasteiger partial charge in [0.1, 0.15) is 11.8 Å². The van der Waals surface area contributed by atoms with Gasteiger partial charge in [0.25, 0.3) is 0 Å². The van der Waals surface area contributed by atoms with E-state index in [1.54, 1.807) is 0 Å². The van der Waals surface area contributed by atoms with Gasteiger partial charge in [0, 0.05) is 11.6 Å². The first-order valence-electron chi connectivity index (χ1n) is 4.97. The zero-order valence-electron chi connectivity index (χ0n) is 10.2. The lowest BCUT2D eigenvalue weighted by Gasteiger charge is -2.21. The molecule has 4 nitrogen and oxygen atoms in total. The van der Waals surface area contributed by atoms with Crippen molar-refractivity contribution in [1.82, 2.24) is 0 Å². The minimum atomic E-state index is -4.58. The lowest BCUT2D eigenvalue weighted by atomic mass is 10.0. The Bertz CT molecular complexity index is 421. The number of hydrogen-bond acceptors (Lipinski definition) is 4. The molecule has 0 saturated heterocycles. The summed E-state index contributed by atoms with van der Waals surface area (Å²) in [5.41, 5.74) is 4.94. The smallest absolute Gasteiger partial charge is 0.407 e. The molecule has 1 aromatic rings. The average molecular weight is 265 g/mol. The van der Waals surface area contributed by atoms with Gasteiger partial charge in [-0.3, -0.25) is 0 Å². The molecular weight excluding hydrogens is 251 g/mol. The maximum Gasteiger partial charge on any atom is 0.407 e. The summed E-state index contributed by atoms with van der Waals surface area (Å²) in [5, 5.41) is 0. The molecule has 0 saturated carbocycles. The third-order valence-corrected chi connectivity index (χ3v) is 2.40. The Labute approximate surface area is 102 Å². The molecule has 1 aromatic carbocycles. The van der Waals surface area contributed by atoms with E-state index in [-0.39, 0.29) is 22.8 Å². The Morgan fingerprint density at radius 2 is 1.67 bits per heavy atom. The van der Waals surface area contributed by atoms with Crippen molar-refractivity contribution < 1.29 is 27.4 Å². The van der Waals surface area contributed by atoms with Crippen LogP contribution >= 0.6 is 0 Å². The van der Waals surface area contributed by atoms with E-state index in [1.807, 2.05) is 0 Å². The minimum absolute atomic E-state index is 0.0527. The van der Waals surface area contributed by atoms with Gasteiger partial charge < -0.3 is 19.9 Å². The Morgan fingerprint density at radius 1 is 1.06 bits per heavy atom. The van der Waals surface area contributed by atoms with Crippen LogP contribution < -0.4 is 19.9 Å². The third-order valence-electron chi connectivity index (χ3n) is 2.40. The molecule has 1 atom stereocenters. The highest BCUT2D eigenvalue weighted by atomic mass is 19.4. The number of alkyl halides is 3. The second-order valence-corrected chi connectivity index (χ2v) is 3.47. The van der Waals surface area contributed by atoms with Crippen LogP contribution in [0.15, 0.2) is 12.1 Å². The molecule has 0 aromatic heterocycles. The van der Waals surface area contributed by atoms with Crippen molar-refractivity contribution in [3.63, 3.8) is 0 Å². The van der Waals surface area contributed by atoms with Crippen molar-refractivity contribution in [2.75, 3.05) is 21.3 Å². The van der Waals surface area contributed by atoms with Crippen molar-refractivity contribution in [3.05, 3.63) is 17.7 Å². The van der Waals surface area contributed by atoms with Crippen LogP contribution in [0.1, 0.15) is 11.6 Å². The number of ether oxygens (including phenoxy) is 3. The first-order valence-corrected chi connectivity index (χ1v) is 4.97. The van der Waals surface area contributed by atoms with Crippen LogP contribution in [0.4, 0.5) is 13.2 Å². The molecule has 102 valence electrons. The molecule has 0 heterocycles. The molecule has 0 fully saturated rings. The molecule has 0 amide bonds. The number of hydrogen-bond donors (Lipinski definition) is 1. The fourth-order valence-electron chi connectivity index (χ4n) is 1.49. The van der Waals surface area contributed by atoms with Crippen molar-refractivity contribution in [2.45, 2.75) is 12.2 Å². The van der Waals surface area contributed by atoms with E-state index in [9.17, 15) is 13.2 Å². The number of benzene rings is 1. The first-order chi connectivity index (χ1) is 8.35. The lowest BCUT2D eigenvalue weighted by Crippen LogP contribution is -2.29. The molecule has 18 heavy (non-hydrogen) atoms. The van der Waals surface area contributed by atoms with Crippen molar-refractivity contribution in [2.24, 2.45) is 5.73 Å². The molecule has 0 spiro atoms. The number of methoxy groups -OCH3 is 3. The maximum absolute atomic E-state index is 12.7. The molecule has 1 rings (SSSR count). The first kappa shape index (κ1) is 14.4.